The zero-order valence-corrected chi connectivity index (χ0v) is 33.1. The molecule has 278 valence electrons. The average molecular weight is 730 g/mol. The summed E-state index contributed by atoms with van der Waals surface area (Å²) in [4.78, 5) is 2.50. The van der Waals surface area contributed by atoms with Crippen LogP contribution in [0.2, 0.25) is 0 Å². The number of hydrazine groups is 1. The summed E-state index contributed by atoms with van der Waals surface area (Å²) in [6.07, 6.45) is 13.8. The van der Waals surface area contributed by atoms with E-state index in [0.29, 0.717) is 0 Å². The molecule has 0 saturated carbocycles. The third-order valence-electron chi connectivity index (χ3n) is 11.9. The number of hydrogen-bond donors (Lipinski definition) is 1. The van der Waals surface area contributed by atoms with Gasteiger partial charge in [0.1, 0.15) is 0 Å². The van der Waals surface area contributed by atoms with Crippen LogP contribution in [0.1, 0.15) is 74.8 Å². The van der Waals surface area contributed by atoms with Crippen LogP contribution < -0.4 is 10.7 Å². The highest BCUT2D eigenvalue weighted by Gasteiger charge is 2.40. The Balaban J connectivity index is 1.17. The van der Waals surface area contributed by atoms with E-state index in [1.807, 2.05) is 11.1 Å². The van der Waals surface area contributed by atoms with E-state index in [-0.39, 0.29) is 11.5 Å². The normalized spacial score (nSPS) is 17.8. The summed E-state index contributed by atoms with van der Waals surface area (Å²) in [7, 11) is 0. The lowest BCUT2D eigenvalue weighted by molar-refractivity contribution is 0.585. The van der Waals surface area contributed by atoms with Gasteiger partial charge in [0.25, 0.3) is 0 Å². The van der Waals surface area contributed by atoms with Gasteiger partial charge in [-0.15, -0.1) is 0 Å². The number of fused-ring (bicyclic) bond motifs is 3. The predicted octanol–water partition coefficient (Wildman–Crippen LogP) is 13.5. The highest BCUT2D eigenvalue weighted by molar-refractivity contribution is 5.95. The van der Waals surface area contributed by atoms with Gasteiger partial charge in [-0.1, -0.05) is 168 Å². The predicted molar refractivity (Wildman–Crippen MR) is 240 cm³/mol. The number of rotatable bonds is 10. The molecule has 0 saturated heterocycles. The standard InChI is InChI=1S/C53H51N3/c1-7-16-38(17-8-2)36(3)37(4)52-46-21-13-12-20-42(46)34-51(56(52)54)41-26-30-44(31-27-41)55(43-28-24-40(25-29-43)39-18-10-9-11-19-39)45-32-33-48-47-22-14-15-23-49(47)53(5,6)50(48)35-45/h7,9-16,18-34,45H,1,3,8,17,35,54H2,2,4-6H3/b38-16+,52-37-/t45-/m0/s1. The Hall–Kier alpha value is -6.16. The molecule has 3 aliphatic rings. The molecular weight excluding hydrogens is 679 g/mol. The van der Waals surface area contributed by atoms with Crippen LogP contribution in [-0.4, -0.2) is 11.1 Å². The monoisotopic (exact) mass is 729 g/mol. The van der Waals surface area contributed by atoms with Crippen molar-refractivity contribution in [2.24, 2.45) is 5.84 Å². The number of nitrogens with zero attached hydrogens (tertiary/aromatic N) is 2. The van der Waals surface area contributed by atoms with Crippen LogP contribution in [0, 0.1) is 0 Å². The molecule has 0 unspecified atom stereocenters. The first-order chi connectivity index (χ1) is 27.2. The molecule has 2 N–H and O–H groups in total. The Morgan fingerprint density at radius 2 is 1.41 bits per heavy atom. The number of hydrogen-bond acceptors (Lipinski definition) is 3. The molecule has 2 aliphatic carbocycles. The van der Waals surface area contributed by atoms with Crippen molar-refractivity contribution in [3.05, 3.63) is 215 Å². The van der Waals surface area contributed by atoms with E-state index in [1.54, 1.807) is 0 Å². The van der Waals surface area contributed by atoms with Gasteiger partial charge in [-0.05, 0) is 111 Å². The minimum Gasteiger partial charge on any atom is -0.334 e. The molecular formula is C53H51N3. The van der Waals surface area contributed by atoms with Crippen LogP contribution >= 0.6 is 0 Å². The molecule has 0 bridgehead atoms. The van der Waals surface area contributed by atoms with Gasteiger partial charge in [0.15, 0.2) is 0 Å². The van der Waals surface area contributed by atoms with Gasteiger partial charge in [0.2, 0.25) is 0 Å². The van der Waals surface area contributed by atoms with E-state index < -0.39 is 0 Å². The number of anilines is 2. The van der Waals surface area contributed by atoms with E-state index in [4.69, 9.17) is 5.84 Å². The van der Waals surface area contributed by atoms with E-state index in [2.05, 4.69) is 197 Å². The fourth-order valence-electron chi connectivity index (χ4n) is 8.95. The molecule has 3 nitrogen and oxygen atoms in total. The molecule has 1 aliphatic heterocycles. The van der Waals surface area contributed by atoms with Crippen molar-refractivity contribution in [3.8, 4) is 11.1 Å². The summed E-state index contributed by atoms with van der Waals surface area (Å²) < 4.78 is 0. The molecule has 1 atom stereocenters. The third kappa shape index (κ3) is 6.52. The zero-order valence-electron chi connectivity index (χ0n) is 33.1. The van der Waals surface area contributed by atoms with Gasteiger partial charge in [0, 0.05) is 22.4 Å². The minimum atomic E-state index is -0.0383. The Bertz CT molecular complexity index is 2470. The Morgan fingerprint density at radius 3 is 2.09 bits per heavy atom. The topological polar surface area (TPSA) is 32.5 Å². The van der Waals surface area contributed by atoms with Crippen LogP contribution in [0.4, 0.5) is 11.4 Å². The number of benzene rings is 5. The fraction of sp³-hybridized carbons (Fsp3) is 0.170. The van der Waals surface area contributed by atoms with E-state index in [9.17, 15) is 0 Å². The van der Waals surface area contributed by atoms with Gasteiger partial charge >= 0.3 is 0 Å². The maximum atomic E-state index is 7.14. The molecule has 0 aromatic heterocycles. The first-order valence-electron chi connectivity index (χ1n) is 19.9. The lowest BCUT2D eigenvalue weighted by atomic mass is 9.77. The van der Waals surface area contributed by atoms with Crippen LogP contribution in [0.5, 0.6) is 0 Å². The average Bonchev–Trinajstić information content (AvgIpc) is 3.46. The molecule has 0 fully saturated rings. The Morgan fingerprint density at radius 1 is 0.804 bits per heavy atom. The first kappa shape index (κ1) is 36.8. The summed E-state index contributed by atoms with van der Waals surface area (Å²) in [5.41, 5.74) is 18.8. The van der Waals surface area contributed by atoms with Crippen molar-refractivity contribution in [2.75, 3.05) is 4.90 Å². The third-order valence-corrected chi connectivity index (χ3v) is 11.9. The van der Waals surface area contributed by atoms with Crippen molar-refractivity contribution >= 4 is 34.4 Å². The smallest absolute Gasteiger partial charge is 0.0688 e. The highest BCUT2D eigenvalue weighted by Crippen LogP contribution is 2.51. The van der Waals surface area contributed by atoms with Crippen molar-refractivity contribution in [3.63, 3.8) is 0 Å². The molecule has 1 heterocycles. The quantitative estimate of drug-likeness (QED) is 0.115. The van der Waals surface area contributed by atoms with Crippen LogP contribution in [-0.2, 0) is 5.41 Å². The lowest BCUT2D eigenvalue weighted by Gasteiger charge is -2.37. The van der Waals surface area contributed by atoms with Crippen molar-refractivity contribution in [2.45, 2.75) is 58.4 Å². The van der Waals surface area contributed by atoms with E-state index in [1.165, 1.54) is 39.0 Å². The molecule has 5 aromatic rings. The molecule has 0 spiro atoms. The Kier molecular flexibility index (Phi) is 9.97. The van der Waals surface area contributed by atoms with Crippen molar-refractivity contribution in [1.82, 2.24) is 5.01 Å². The number of allylic oxidation sites excluding steroid dienone is 7. The fourth-order valence-corrected chi connectivity index (χ4v) is 8.95. The number of nitrogens with two attached hydrogens (primary N) is 1. The van der Waals surface area contributed by atoms with E-state index in [0.717, 1.165) is 69.9 Å². The van der Waals surface area contributed by atoms with Gasteiger partial charge in [-0.2, -0.15) is 0 Å². The Labute approximate surface area is 333 Å². The summed E-state index contributed by atoms with van der Waals surface area (Å²) in [6.45, 7) is 17.6. The molecule has 0 amide bonds. The van der Waals surface area contributed by atoms with Gasteiger partial charge < -0.3 is 4.90 Å². The van der Waals surface area contributed by atoms with Gasteiger partial charge in [-0.25, -0.2) is 5.84 Å². The maximum Gasteiger partial charge on any atom is 0.0688 e. The second-order valence-corrected chi connectivity index (χ2v) is 15.6. The van der Waals surface area contributed by atoms with Crippen LogP contribution in [0.25, 0.3) is 34.2 Å². The van der Waals surface area contributed by atoms with Crippen molar-refractivity contribution in [1.29, 1.82) is 0 Å². The summed E-state index contributed by atoms with van der Waals surface area (Å²) >= 11 is 0. The SMILES string of the molecule is C=C/C=C(\CCC)C(=C)/C(C)=C1/c2ccccc2C=C(c2ccc(N(c3ccc(-c4ccccc4)cc3)[C@H]3C=CC4=C(C3)C(C)(C)c3ccccc34)cc2)N1N. The highest BCUT2D eigenvalue weighted by atomic mass is 15.4. The molecule has 56 heavy (non-hydrogen) atoms. The van der Waals surface area contributed by atoms with Gasteiger partial charge in [-0.3, -0.25) is 5.01 Å². The summed E-state index contributed by atoms with van der Waals surface area (Å²) in [6, 6.07) is 46.1. The summed E-state index contributed by atoms with van der Waals surface area (Å²) in [5, 5.41) is 1.85. The maximum absolute atomic E-state index is 7.14. The second kappa shape index (κ2) is 15.2. The summed E-state index contributed by atoms with van der Waals surface area (Å²) in [5.74, 6) is 7.14. The molecule has 3 heteroatoms. The lowest BCUT2D eigenvalue weighted by Crippen LogP contribution is -2.33. The largest absolute Gasteiger partial charge is 0.334 e. The van der Waals surface area contributed by atoms with Crippen LogP contribution in [0.15, 0.2) is 187 Å². The second-order valence-electron chi connectivity index (χ2n) is 15.6. The molecule has 8 rings (SSSR count). The van der Waals surface area contributed by atoms with Gasteiger partial charge in [0.05, 0.1) is 17.4 Å². The first-order valence-corrected chi connectivity index (χ1v) is 19.9. The minimum absolute atomic E-state index is 0.0383. The molecule has 5 aromatic carbocycles. The zero-order chi connectivity index (χ0) is 39.0. The van der Waals surface area contributed by atoms with Crippen molar-refractivity contribution < 1.29 is 0 Å². The van der Waals surface area contributed by atoms with E-state index >= 15 is 0 Å². The molecule has 0 radical (unpaired) electrons. The van der Waals surface area contributed by atoms with Crippen LogP contribution in [0.3, 0.4) is 0 Å².